The number of thiophene rings is 1. The second-order valence-corrected chi connectivity index (χ2v) is 6.08. The van der Waals surface area contributed by atoms with Crippen LogP contribution in [0, 0.1) is 11.7 Å². The highest BCUT2D eigenvalue weighted by Gasteiger charge is 2.32. The Hall–Kier alpha value is -1.46. The van der Waals surface area contributed by atoms with Crippen LogP contribution in [-0.4, -0.2) is 17.1 Å². The van der Waals surface area contributed by atoms with Gasteiger partial charge in [0.25, 0.3) is 0 Å². The summed E-state index contributed by atoms with van der Waals surface area (Å²) < 4.78 is 14.6. The first kappa shape index (κ1) is 12.6. The standard InChI is InChI=1S/C14H14FNO2S/c1-7-5-10(7)16-6-8-12-9(15)3-2-4-11(12)19-13(8)14(17)18/h2-4,7,10,16H,5-6H2,1H3,(H,17,18). The Bertz CT molecular complexity index is 652. The minimum Gasteiger partial charge on any atom is -0.477 e. The second-order valence-electron chi connectivity index (χ2n) is 5.03. The van der Waals surface area contributed by atoms with Crippen LogP contribution in [-0.2, 0) is 6.54 Å². The zero-order chi connectivity index (χ0) is 13.6. The van der Waals surface area contributed by atoms with Gasteiger partial charge in [-0.3, -0.25) is 0 Å². The zero-order valence-electron chi connectivity index (χ0n) is 10.4. The second kappa shape index (κ2) is 4.58. The zero-order valence-corrected chi connectivity index (χ0v) is 11.3. The van der Waals surface area contributed by atoms with Gasteiger partial charge in [0.2, 0.25) is 0 Å². The predicted molar refractivity (Wildman–Crippen MR) is 73.2 cm³/mol. The lowest BCUT2D eigenvalue weighted by molar-refractivity contribution is 0.0701. The number of halogens is 1. The fourth-order valence-electron chi connectivity index (χ4n) is 2.35. The minimum absolute atomic E-state index is 0.237. The maximum absolute atomic E-state index is 13.9. The summed E-state index contributed by atoms with van der Waals surface area (Å²) in [5.41, 5.74) is 0.574. The molecule has 1 aliphatic rings. The lowest BCUT2D eigenvalue weighted by Crippen LogP contribution is -2.18. The monoisotopic (exact) mass is 279 g/mol. The SMILES string of the molecule is CC1CC1NCc1c(C(=O)O)sc2cccc(F)c12. The number of hydrogen-bond donors (Lipinski definition) is 2. The van der Waals surface area contributed by atoms with Gasteiger partial charge in [-0.25, -0.2) is 9.18 Å². The fourth-order valence-corrected chi connectivity index (χ4v) is 3.42. The number of hydrogen-bond acceptors (Lipinski definition) is 3. The van der Waals surface area contributed by atoms with Crippen molar-refractivity contribution in [3.63, 3.8) is 0 Å². The maximum Gasteiger partial charge on any atom is 0.346 e. The molecule has 5 heteroatoms. The van der Waals surface area contributed by atoms with Crippen molar-refractivity contribution >= 4 is 27.4 Å². The maximum atomic E-state index is 13.9. The molecule has 1 aromatic carbocycles. The van der Waals surface area contributed by atoms with E-state index in [-0.39, 0.29) is 10.7 Å². The van der Waals surface area contributed by atoms with Gasteiger partial charge in [0, 0.05) is 28.2 Å². The molecule has 0 spiro atoms. The first-order valence-corrected chi connectivity index (χ1v) is 7.06. The number of fused-ring (bicyclic) bond motifs is 1. The summed E-state index contributed by atoms with van der Waals surface area (Å²) >= 11 is 1.14. The molecule has 2 aromatic rings. The molecule has 0 aliphatic heterocycles. The molecule has 1 aliphatic carbocycles. The molecule has 0 saturated heterocycles. The topological polar surface area (TPSA) is 49.3 Å². The van der Waals surface area contributed by atoms with Crippen LogP contribution in [0.25, 0.3) is 10.1 Å². The summed E-state index contributed by atoms with van der Waals surface area (Å²) in [4.78, 5) is 11.5. The Kier molecular flexibility index (Phi) is 3.03. The fraction of sp³-hybridized carbons (Fsp3) is 0.357. The van der Waals surface area contributed by atoms with Crippen LogP contribution in [0.3, 0.4) is 0 Å². The summed E-state index contributed by atoms with van der Waals surface area (Å²) in [6.45, 7) is 2.56. The first-order valence-electron chi connectivity index (χ1n) is 6.24. The molecule has 0 radical (unpaired) electrons. The Labute approximate surface area is 114 Å². The third-order valence-electron chi connectivity index (χ3n) is 3.61. The van der Waals surface area contributed by atoms with Crippen molar-refractivity contribution in [3.05, 3.63) is 34.5 Å². The quantitative estimate of drug-likeness (QED) is 0.903. The molecule has 1 saturated carbocycles. The minimum atomic E-state index is -0.985. The van der Waals surface area contributed by atoms with E-state index >= 15 is 0 Å². The van der Waals surface area contributed by atoms with E-state index in [0.29, 0.717) is 34.2 Å². The molecular weight excluding hydrogens is 265 g/mol. The Morgan fingerprint density at radius 3 is 2.95 bits per heavy atom. The highest BCUT2D eigenvalue weighted by Crippen LogP contribution is 2.35. The third kappa shape index (κ3) is 2.24. The van der Waals surface area contributed by atoms with Gasteiger partial charge in [0.05, 0.1) is 0 Å². The molecule has 0 bridgehead atoms. The number of carbonyl (C=O) groups is 1. The van der Waals surface area contributed by atoms with Gasteiger partial charge < -0.3 is 10.4 Å². The van der Waals surface area contributed by atoms with Crippen LogP contribution in [0.2, 0.25) is 0 Å². The van der Waals surface area contributed by atoms with E-state index in [0.717, 1.165) is 17.8 Å². The van der Waals surface area contributed by atoms with Crippen LogP contribution in [0.1, 0.15) is 28.6 Å². The Balaban J connectivity index is 2.02. The van der Waals surface area contributed by atoms with Crippen molar-refractivity contribution in [2.45, 2.75) is 25.9 Å². The van der Waals surface area contributed by atoms with Crippen molar-refractivity contribution < 1.29 is 14.3 Å². The van der Waals surface area contributed by atoms with Crippen molar-refractivity contribution in [2.75, 3.05) is 0 Å². The molecule has 3 rings (SSSR count). The molecular formula is C14H14FNO2S. The molecule has 2 N–H and O–H groups in total. The van der Waals surface area contributed by atoms with Crippen molar-refractivity contribution in [1.29, 1.82) is 0 Å². The van der Waals surface area contributed by atoms with Crippen LogP contribution < -0.4 is 5.32 Å². The predicted octanol–water partition coefficient (Wildman–Crippen LogP) is 3.24. The number of aromatic carboxylic acids is 1. The molecule has 2 unspecified atom stereocenters. The van der Waals surface area contributed by atoms with E-state index in [1.54, 1.807) is 12.1 Å². The lowest BCUT2D eigenvalue weighted by Gasteiger charge is -2.04. The van der Waals surface area contributed by atoms with Gasteiger partial charge in [-0.2, -0.15) is 0 Å². The summed E-state index contributed by atoms with van der Waals surface area (Å²) in [5.74, 6) is -0.703. The summed E-state index contributed by atoms with van der Waals surface area (Å²) in [6.07, 6.45) is 1.10. The molecule has 1 fully saturated rings. The lowest BCUT2D eigenvalue weighted by atomic mass is 10.1. The van der Waals surface area contributed by atoms with E-state index in [1.807, 2.05) is 0 Å². The highest BCUT2D eigenvalue weighted by atomic mass is 32.1. The van der Waals surface area contributed by atoms with Gasteiger partial charge in [0.15, 0.2) is 0 Å². The molecule has 2 atom stereocenters. The smallest absolute Gasteiger partial charge is 0.346 e. The molecule has 1 heterocycles. The molecule has 100 valence electrons. The number of rotatable bonds is 4. The van der Waals surface area contributed by atoms with Gasteiger partial charge in [0.1, 0.15) is 10.7 Å². The number of benzene rings is 1. The van der Waals surface area contributed by atoms with Crippen LogP contribution >= 0.6 is 11.3 Å². The molecule has 19 heavy (non-hydrogen) atoms. The Morgan fingerprint density at radius 2 is 2.32 bits per heavy atom. The van der Waals surface area contributed by atoms with Crippen LogP contribution in [0.15, 0.2) is 18.2 Å². The van der Waals surface area contributed by atoms with Crippen molar-refractivity contribution in [2.24, 2.45) is 5.92 Å². The van der Waals surface area contributed by atoms with E-state index < -0.39 is 5.97 Å². The summed E-state index contributed by atoms with van der Waals surface area (Å²) in [6, 6.07) is 5.19. The summed E-state index contributed by atoms with van der Waals surface area (Å²) in [7, 11) is 0. The number of nitrogens with one attached hydrogen (secondary N) is 1. The average molecular weight is 279 g/mol. The van der Waals surface area contributed by atoms with E-state index in [1.165, 1.54) is 6.07 Å². The normalized spacial score (nSPS) is 21.8. The van der Waals surface area contributed by atoms with Gasteiger partial charge >= 0.3 is 5.97 Å². The van der Waals surface area contributed by atoms with E-state index in [4.69, 9.17) is 0 Å². The van der Waals surface area contributed by atoms with Gasteiger partial charge in [-0.05, 0) is 24.5 Å². The van der Waals surface area contributed by atoms with Crippen molar-refractivity contribution in [3.8, 4) is 0 Å². The van der Waals surface area contributed by atoms with E-state index in [2.05, 4.69) is 12.2 Å². The number of carboxylic acid groups (broad SMARTS) is 1. The van der Waals surface area contributed by atoms with Crippen LogP contribution in [0.5, 0.6) is 0 Å². The average Bonchev–Trinajstić information content (AvgIpc) is 2.92. The molecule has 1 aromatic heterocycles. The summed E-state index contributed by atoms with van der Waals surface area (Å²) in [5, 5.41) is 13.0. The van der Waals surface area contributed by atoms with Gasteiger partial charge in [-0.15, -0.1) is 11.3 Å². The largest absolute Gasteiger partial charge is 0.477 e. The highest BCUT2D eigenvalue weighted by molar-refractivity contribution is 7.21. The molecule has 0 amide bonds. The number of carboxylic acids is 1. The molecule has 3 nitrogen and oxygen atoms in total. The van der Waals surface area contributed by atoms with E-state index in [9.17, 15) is 14.3 Å². The van der Waals surface area contributed by atoms with Crippen LogP contribution in [0.4, 0.5) is 4.39 Å². The Morgan fingerprint density at radius 1 is 1.58 bits per heavy atom. The third-order valence-corrected chi connectivity index (χ3v) is 4.79. The first-order chi connectivity index (χ1) is 9.08. The van der Waals surface area contributed by atoms with Crippen molar-refractivity contribution in [1.82, 2.24) is 5.32 Å². The van der Waals surface area contributed by atoms with Gasteiger partial charge in [-0.1, -0.05) is 13.0 Å².